The van der Waals surface area contributed by atoms with E-state index < -0.39 is 10.0 Å². The van der Waals surface area contributed by atoms with E-state index in [2.05, 4.69) is 9.71 Å². The summed E-state index contributed by atoms with van der Waals surface area (Å²) in [5.41, 5.74) is 6.41. The second-order valence-electron chi connectivity index (χ2n) is 9.15. The third kappa shape index (κ3) is 5.58. The minimum atomic E-state index is -4.09. The van der Waals surface area contributed by atoms with Gasteiger partial charge in [0, 0.05) is 11.3 Å². The van der Waals surface area contributed by atoms with Crippen LogP contribution >= 0.6 is 0 Å². The number of anilines is 2. The summed E-state index contributed by atoms with van der Waals surface area (Å²) in [6, 6.07) is 31.8. The lowest BCUT2D eigenvalue weighted by Crippen LogP contribution is -2.15. The number of aromatic nitrogens is 1. The molecule has 190 valence electrons. The Morgan fingerprint density at radius 3 is 1.84 bits per heavy atom. The molecule has 1 N–H and O–H groups in total. The van der Waals surface area contributed by atoms with Crippen LogP contribution in [0.15, 0.2) is 117 Å². The highest BCUT2D eigenvalue weighted by molar-refractivity contribution is 7.90. The van der Waals surface area contributed by atoms with Crippen LogP contribution in [0.25, 0.3) is 22.4 Å². The average molecular weight is 522 g/mol. The highest BCUT2D eigenvalue weighted by Gasteiger charge is 2.20. The van der Waals surface area contributed by atoms with Gasteiger partial charge in [-0.05, 0) is 50.6 Å². The number of nitrogens with zero attached hydrogens (tertiary/aromatic N) is 2. The quantitative estimate of drug-likeness (QED) is 0.261. The van der Waals surface area contributed by atoms with Crippen molar-refractivity contribution in [2.75, 3.05) is 5.32 Å². The molecule has 6 nitrogen and oxygen atoms in total. The maximum absolute atomic E-state index is 13.4. The van der Waals surface area contributed by atoms with E-state index >= 15 is 0 Å². The predicted molar refractivity (Wildman–Crippen MR) is 151 cm³/mol. The highest BCUT2D eigenvalue weighted by atomic mass is 32.2. The normalized spacial score (nSPS) is 11.9. The Balaban J connectivity index is 1.80. The summed E-state index contributed by atoms with van der Waals surface area (Å²) >= 11 is 0. The molecule has 7 heteroatoms. The van der Waals surface area contributed by atoms with E-state index in [4.69, 9.17) is 9.40 Å². The van der Waals surface area contributed by atoms with Crippen molar-refractivity contribution in [1.29, 1.82) is 0 Å². The fourth-order valence-corrected chi connectivity index (χ4v) is 4.89. The van der Waals surface area contributed by atoms with Gasteiger partial charge in [-0.1, -0.05) is 95.6 Å². The molecule has 0 amide bonds. The van der Waals surface area contributed by atoms with E-state index in [1.54, 1.807) is 24.3 Å². The van der Waals surface area contributed by atoms with E-state index in [-0.39, 0.29) is 16.5 Å². The first-order chi connectivity index (χ1) is 18.3. The second-order valence-corrected chi connectivity index (χ2v) is 10.8. The molecule has 38 heavy (non-hydrogen) atoms. The van der Waals surface area contributed by atoms with Gasteiger partial charge in [-0.25, -0.2) is 0 Å². The van der Waals surface area contributed by atoms with Crippen molar-refractivity contribution in [2.24, 2.45) is 4.40 Å². The SMILES string of the molecule is Cc1ccc(Nc2nc(-c3ccccc3)c(-c3ccc(C)cc3)/c(=N/S(=O)(=O)c3ccc(C)cc3)o2)cc1. The van der Waals surface area contributed by atoms with Crippen LogP contribution in [0.4, 0.5) is 11.7 Å². The van der Waals surface area contributed by atoms with Crippen molar-refractivity contribution in [3.63, 3.8) is 0 Å². The third-order valence-corrected chi connectivity index (χ3v) is 7.34. The largest absolute Gasteiger partial charge is 0.405 e. The zero-order chi connectivity index (χ0) is 26.7. The van der Waals surface area contributed by atoms with Gasteiger partial charge in [0.25, 0.3) is 10.0 Å². The molecule has 0 atom stereocenters. The molecule has 0 bridgehead atoms. The van der Waals surface area contributed by atoms with E-state index in [0.717, 1.165) is 33.5 Å². The van der Waals surface area contributed by atoms with Crippen LogP contribution in [0.3, 0.4) is 0 Å². The van der Waals surface area contributed by atoms with Gasteiger partial charge < -0.3 is 9.73 Å². The molecule has 1 heterocycles. The lowest BCUT2D eigenvalue weighted by atomic mass is 10.00. The fourth-order valence-electron chi connectivity index (χ4n) is 3.96. The van der Waals surface area contributed by atoms with Gasteiger partial charge >= 0.3 is 6.01 Å². The summed E-state index contributed by atoms with van der Waals surface area (Å²) in [5.74, 6) is 0. The topological polar surface area (TPSA) is 84.6 Å². The maximum Gasteiger partial charge on any atom is 0.301 e. The Morgan fingerprint density at radius 1 is 0.684 bits per heavy atom. The number of hydrogen-bond acceptors (Lipinski definition) is 5. The van der Waals surface area contributed by atoms with Crippen molar-refractivity contribution >= 4 is 21.7 Å². The first kappa shape index (κ1) is 25.2. The summed E-state index contributed by atoms with van der Waals surface area (Å²) < 4.78 is 37.2. The van der Waals surface area contributed by atoms with Gasteiger partial charge in [-0.3, -0.25) is 0 Å². The van der Waals surface area contributed by atoms with Crippen LogP contribution in [0.1, 0.15) is 16.7 Å². The van der Waals surface area contributed by atoms with Gasteiger partial charge in [0.15, 0.2) is 0 Å². The number of nitrogens with one attached hydrogen (secondary N) is 1. The number of benzene rings is 4. The summed E-state index contributed by atoms with van der Waals surface area (Å²) in [6.45, 7) is 5.89. The molecule has 0 unspecified atom stereocenters. The van der Waals surface area contributed by atoms with Crippen LogP contribution in [0, 0.1) is 20.8 Å². The van der Waals surface area contributed by atoms with Crippen LogP contribution < -0.4 is 10.9 Å². The van der Waals surface area contributed by atoms with Crippen LogP contribution in [0.2, 0.25) is 0 Å². The van der Waals surface area contributed by atoms with Gasteiger partial charge in [-0.2, -0.15) is 13.4 Å². The van der Waals surface area contributed by atoms with E-state index in [9.17, 15) is 8.42 Å². The molecule has 4 aromatic carbocycles. The molecule has 0 saturated heterocycles. The van der Waals surface area contributed by atoms with Crippen LogP contribution in [-0.2, 0) is 10.0 Å². The Kier molecular flexibility index (Phi) is 6.94. The zero-order valence-electron chi connectivity index (χ0n) is 21.3. The Labute approximate surface area is 222 Å². The number of aryl methyl sites for hydroxylation is 3. The molecular weight excluding hydrogens is 494 g/mol. The molecule has 0 spiro atoms. The number of rotatable bonds is 6. The fraction of sp³-hybridized carbons (Fsp3) is 0.0968. The van der Waals surface area contributed by atoms with Crippen molar-refractivity contribution in [3.8, 4) is 22.4 Å². The summed E-state index contributed by atoms with van der Waals surface area (Å²) in [5, 5.41) is 3.17. The number of hydrogen-bond donors (Lipinski definition) is 1. The first-order valence-electron chi connectivity index (χ1n) is 12.2. The smallest absolute Gasteiger partial charge is 0.301 e. The molecule has 0 saturated carbocycles. The standard InChI is InChI=1S/C31H27N3O3S/c1-21-9-15-24(16-10-21)28-29(25-7-5-4-6-8-25)33-31(32-26-17-11-22(2)12-18-26)37-30(28)34-38(35,36)27-19-13-23(3)14-20-27/h4-20H,1-3H3,(H,32,33)/b34-30-. The molecule has 5 aromatic rings. The Morgan fingerprint density at radius 2 is 1.24 bits per heavy atom. The maximum atomic E-state index is 13.4. The third-order valence-electron chi connectivity index (χ3n) is 6.07. The summed E-state index contributed by atoms with van der Waals surface area (Å²) in [6.07, 6.45) is 0. The van der Waals surface area contributed by atoms with Crippen molar-refractivity contribution in [2.45, 2.75) is 25.7 Å². The molecule has 0 fully saturated rings. The molecule has 0 aliphatic rings. The highest BCUT2D eigenvalue weighted by Crippen LogP contribution is 2.30. The molecule has 5 rings (SSSR count). The van der Waals surface area contributed by atoms with Gasteiger partial charge in [0.05, 0.1) is 16.2 Å². The lowest BCUT2D eigenvalue weighted by Gasteiger charge is -2.13. The number of sulfonamides is 1. The zero-order valence-corrected chi connectivity index (χ0v) is 22.2. The minimum Gasteiger partial charge on any atom is -0.405 e. The van der Waals surface area contributed by atoms with Crippen molar-refractivity contribution in [1.82, 2.24) is 4.98 Å². The van der Waals surface area contributed by atoms with E-state index in [1.165, 1.54) is 0 Å². The molecule has 0 radical (unpaired) electrons. The van der Waals surface area contributed by atoms with E-state index in [1.807, 2.05) is 99.6 Å². The predicted octanol–water partition coefficient (Wildman–Crippen LogP) is 6.97. The molecule has 0 aliphatic carbocycles. The molecular formula is C31H27N3O3S. The monoisotopic (exact) mass is 521 g/mol. The Bertz CT molecular complexity index is 1740. The minimum absolute atomic E-state index is 0.0575. The average Bonchev–Trinajstić information content (AvgIpc) is 2.91. The van der Waals surface area contributed by atoms with Gasteiger partial charge in [-0.15, -0.1) is 4.40 Å². The summed E-state index contributed by atoms with van der Waals surface area (Å²) in [4.78, 5) is 4.88. The van der Waals surface area contributed by atoms with Crippen molar-refractivity contribution in [3.05, 3.63) is 125 Å². The Hall–Kier alpha value is -4.49. The molecule has 1 aromatic heterocycles. The van der Waals surface area contributed by atoms with Gasteiger partial charge in [0.1, 0.15) is 0 Å². The lowest BCUT2D eigenvalue weighted by molar-refractivity contribution is 0.500. The summed E-state index contributed by atoms with van der Waals surface area (Å²) in [7, 11) is -4.09. The van der Waals surface area contributed by atoms with Crippen LogP contribution in [-0.4, -0.2) is 13.4 Å². The van der Waals surface area contributed by atoms with E-state index in [0.29, 0.717) is 11.3 Å². The molecule has 0 aliphatic heterocycles. The second kappa shape index (κ2) is 10.5. The van der Waals surface area contributed by atoms with Crippen LogP contribution in [0.5, 0.6) is 0 Å². The first-order valence-corrected chi connectivity index (χ1v) is 13.6. The van der Waals surface area contributed by atoms with Gasteiger partial charge in [0.2, 0.25) is 5.55 Å². The van der Waals surface area contributed by atoms with Crippen molar-refractivity contribution < 1.29 is 12.8 Å².